The molecule has 168 valence electrons. The summed E-state index contributed by atoms with van der Waals surface area (Å²) in [4.78, 5) is 12.3. The zero-order chi connectivity index (χ0) is 22.3. The number of sulfonamides is 1. The molecule has 0 aliphatic heterocycles. The fourth-order valence-electron chi connectivity index (χ4n) is 3.66. The second kappa shape index (κ2) is 10.5. The molecule has 3 rings (SSSR count). The van der Waals surface area contributed by atoms with E-state index >= 15 is 0 Å². The quantitative estimate of drug-likeness (QED) is 0.591. The Morgan fingerprint density at radius 2 is 1.65 bits per heavy atom. The van der Waals surface area contributed by atoms with Gasteiger partial charge in [0.25, 0.3) is 0 Å². The maximum absolute atomic E-state index is 12.3. The molecule has 8 heteroatoms. The first-order valence-corrected chi connectivity index (χ1v) is 12.4. The third kappa shape index (κ3) is 6.89. The summed E-state index contributed by atoms with van der Waals surface area (Å²) in [6.07, 6.45) is 6.69. The van der Waals surface area contributed by atoms with Crippen molar-refractivity contribution in [2.75, 3.05) is 29.5 Å². The van der Waals surface area contributed by atoms with Crippen molar-refractivity contribution < 1.29 is 22.7 Å². The number of carbonyl (C=O) groups excluding carboxylic acids is 1. The molecule has 1 amide bonds. The summed E-state index contributed by atoms with van der Waals surface area (Å²) >= 11 is 0. The molecule has 1 aliphatic rings. The predicted octanol–water partition coefficient (Wildman–Crippen LogP) is 4.20. The monoisotopic (exact) mass is 446 g/mol. The number of methoxy groups -OCH3 is 1. The summed E-state index contributed by atoms with van der Waals surface area (Å²) < 4.78 is 36.7. The lowest BCUT2D eigenvalue weighted by atomic mass is 10.2. The summed E-state index contributed by atoms with van der Waals surface area (Å²) in [5, 5.41) is 2.85. The number of amides is 1. The van der Waals surface area contributed by atoms with Crippen LogP contribution in [0.1, 0.15) is 38.5 Å². The van der Waals surface area contributed by atoms with E-state index in [1.807, 2.05) is 24.3 Å². The molecule has 0 heterocycles. The highest BCUT2D eigenvalue weighted by molar-refractivity contribution is 7.92. The second-order valence-corrected chi connectivity index (χ2v) is 9.64. The zero-order valence-corrected chi connectivity index (χ0v) is 18.9. The van der Waals surface area contributed by atoms with Gasteiger partial charge in [0.15, 0.2) is 0 Å². The van der Waals surface area contributed by atoms with Gasteiger partial charge in [-0.05, 0) is 80.6 Å². The highest BCUT2D eigenvalue weighted by Crippen LogP contribution is 2.25. The van der Waals surface area contributed by atoms with Crippen LogP contribution in [0.15, 0.2) is 48.5 Å². The first-order valence-electron chi connectivity index (χ1n) is 10.5. The molecular weight excluding hydrogens is 416 g/mol. The fourth-order valence-corrected chi connectivity index (χ4v) is 4.62. The summed E-state index contributed by atoms with van der Waals surface area (Å²) in [5.74, 6) is 1.30. The Morgan fingerprint density at radius 3 is 2.23 bits per heavy atom. The van der Waals surface area contributed by atoms with Crippen LogP contribution in [0.4, 0.5) is 11.4 Å². The molecule has 1 fully saturated rings. The van der Waals surface area contributed by atoms with Gasteiger partial charge < -0.3 is 14.8 Å². The van der Waals surface area contributed by atoms with Crippen LogP contribution in [0, 0.1) is 0 Å². The molecule has 1 aliphatic carbocycles. The van der Waals surface area contributed by atoms with Crippen LogP contribution in [0.3, 0.4) is 0 Å². The van der Waals surface area contributed by atoms with Gasteiger partial charge in [0.1, 0.15) is 11.5 Å². The Balaban J connectivity index is 1.49. The molecule has 0 saturated heterocycles. The Morgan fingerprint density at radius 1 is 1.03 bits per heavy atom. The van der Waals surface area contributed by atoms with E-state index in [-0.39, 0.29) is 18.9 Å². The number of rotatable bonds is 10. The highest BCUT2D eigenvalue weighted by Gasteiger charge is 2.18. The van der Waals surface area contributed by atoms with Gasteiger partial charge >= 0.3 is 0 Å². The normalized spacial score (nSPS) is 14.3. The lowest BCUT2D eigenvalue weighted by molar-refractivity contribution is -0.116. The fraction of sp³-hybridized carbons (Fsp3) is 0.435. The van der Waals surface area contributed by atoms with E-state index in [9.17, 15) is 13.2 Å². The minimum atomic E-state index is -3.46. The van der Waals surface area contributed by atoms with E-state index in [1.165, 1.54) is 17.1 Å². The van der Waals surface area contributed by atoms with Crippen molar-refractivity contribution in [1.82, 2.24) is 0 Å². The van der Waals surface area contributed by atoms with Gasteiger partial charge in [-0.2, -0.15) is 0 Å². The standard InChI is InChI=1S/C23H30N2O5S/c1-29-20-15-11-19(12-16-20)25(31(2,27)28)17-5-8-23(26)24-18-9-13-22(14-10-18)30-21-6-3-4-7-21/h9-16,21H,3-8,17H2,1-2H3,(H,24,26). The average molecular weight is 447 g/mol. The number of carbonyl (C=O) groups is 1. The molecule has 2 aromatic rings. The van der Waals surface area contributed by atoms with Gasteiger partial charge in [-0.15, -0.1) is 0 Å². The maximum atomic E-state index is 12.3. The third-order valence-electron chi connectivity index (χ3n) is 5.27. The van der Waals surface area contributed by atoms with Crippen LogP contribution in [0.5, 0.6) is 11.5 Å². The van der Waals surface area contributed by atoms with Crippen LogP contribution in [-0.2, 0) is 14.8 Å². The van der Waals surface area contributed by atoms with E-state index in [2.05, 4.69) is 5.32 Å². The number of anilines is 2. The van der Waals surface area contributed by atoms with Gasteiger partial charge in [-0.3, -0.25) is 9.10 Å². The number of nitrogens with one attached hydrogen (secondary N) is 1. The number of hydrogen-bond acceptors (Lipinski definition) is 5. The number of benzene rings is 2. The van der Waals surface area contributed by atoms with Crippen LogP contribution in [0.2, 0.25) is 0 Å². The first-order chi connectivity index (χ1) is 14.8. The molecule has 0 aromatic heterocycles. The van der Waals surface area contributed by atoms with Gasteiger partial charge in [-0.25, -0.2) is 8.42 Å². The van der Waals surface area contributed by atoms with E-state index in [0.29, 0.717) is 29.6 Å². The second-order valence-electron chi connectivity index (χ2n) is 7.73. The Labute approximate surface area is 184 Å². The smallest absolute Gasteiger partial charge is 0.232 e. The van der Waals surface area contributed by atoms with Gasteiger partial charge in [-0.1, -0.05) is 0 Å². The molecule has 0 unspecified atom stereocenters. The van der Waals surface area contributed by atoms with Crippen molar-refractivity contribution in [3.8, 4) is 11.5 Å². The highest BCUT2D eigenvalue weighted by atomic mass is 32.2. The SMILES string of the molecule is COc1ccc(N(CCCC(=O)Nc2ccc(OC3CCCC3)cc2)S(C)(=O)=O)cc1. The minimum absolute atomic E-state index is 0.160. The topological polar surface area (TPSA) is 84.9 Å². The third-order valence-corrected chi connectivity index (χ3v) is 6.46. The Bertz CT molecular complexity index is 952. The van der Waals surface area contributed by atoms with Gasteiger partial charge in [0.2, 0.25) is 15.9 Å². The van der Waals surface area contributed by atoms with Crippen LogP contribution in [0.25, 0.3) is 0 Å². The summed E-state index contributed by atoms with van der Waals surface area (Å²) in [6, 6.07) is 14.2. The predicted molar refractivity (Wildman–Crippen MR) is 122 cm³/mol. The summed E-state index contributed by atoms with van der Waals surface area (Å²) in [5.41, 5.74) is 1.24. The zero-order valence-electron chi connectivity index (χ0n) is 18.0. The van der Waals surface area contributed by atoms with Crippen LogP contribution < -0.4 is 19.1 Å². The number of ether oxygens (including phenoxy) is 2. The van der Waals surface area contributed by atoms with Crippen molar-refractivity contribution in [1.29, 1.82) is 0 Å². The van der Waals surface area contributed by atoms with Gasteiger partial charge in [0.05, 0.1) is 25.2 Å². The molecule has 0 atom stereocenters. The van der Waals surface area contributed by atoms with Crippen LogP contribution in [-0.4, -0.2) is 40.3 Å². The average Bonchev–Trinajstić information content (AvgIpc) is 3.25. The summed E-state index contributed by atoms with van der Waals surface area (Å²) in [6.45, 7) is 0.215. The van der Waals surface area contributed by atoms with Crippen molar-refractivity contribution in [3.63, 3.8) is 0 Å². The summed E-state index contributed by atoms with van der Waals surface area (Å²) in [7, 11) is -1.91. The van der Waals surface area contributed by atoms with Crippen molar-refractivity contribution in [2.24, 2.45) is 0 Å². The maximum Gasteiger partial charge on any atom is 0.232 e. The lowest BCUT2D eigenvalue weighted by Gasteiger charge is -2.22. The Kier molecular flexibility index (Phi) is 7.79. The van der Waals surface area contributed by atoms with Gasteiger partial charge in [0, 0.05) is 18.7 Å². The number of nitrogens with zero attached hydrogens (tertiary/aromatic N) is 1. The molecule has 7 nitrogen and oxygen atoms in total. The largest absolute Gasteiger partial charge is 0.497 e. The molecule has 2 aromatic carbocycles. The lowest BCUT2D eigenvalue weighted by Crippen LogP contribution is -2.31. The van der Waals surface area contributed by atoms with E-state index in [0.717, 1.165) is 24.8 Å². The van der Waals surface area contributed by atoms with E-state index in [4.69, 9.17) is 9.47 Å². The molecule has 0 bridgehead atoms. The molecule has 0 spiro atoms. The number of hydrogen-bond donors (Lipinski definition) is 1. The first kappa shape index (κ1) is 22.9. The minimum Gasteiger partial charge on any atom is -0.497 e. The van der Waals surface area contributed by atoms with E-state index < -0.39 is 10.0 Å². The molecule has 1 N–H and O–H groups in total. The molecule has 1 saturated carbocycles. The van der Waals surface area contributed by atoms with Crippen LogP contribution >= 0.6 is 0 Å². The van der Waals surface area contributed by atoms with Crippen molar-refractivity contribution in [3.05, 3.63) is 48.5 Å². The molecule has 0 radical (unpaired) electrons. The molecular formula is C23H30N2O5S. The molecule has 31 heavy (non-hydrogen) atoms. The van der Waals surface area contributed by atoms with E-state index in [1.54, 1.807) is 31.4 Å². The van der Waals surface area contributed by atoms with Crippen molar-refractivity contribution in [2.45, 2.75) is 44.6 Å². The van der Waals surface area contributed by atoms with Crippen molar-refractivity contribution >= 4 is 27.3 Å². The Hall–Kier alpha value is -2.74.